The molecule has 4 heteroatoms. The average molecular weight is 253 g/mol. The second-order valence-electron chi connectivity index (χ2n) is 4.99. The van der Waals surface area contributed by atoms with Gasteiger partial charge in [0.2, 0.25) is 0 Å². The van der Waals surface area contributed by atoms with Crippen LogP contribution >= 0.6 is 0 Å². The topological polar surface area (TPSA) is 50.8 Å². The van der Waals surface area contributed by atoms with Crippen molar-refractivity contribution < 1.29 is 4.74 Å². The van der Waals surface area contributed by atoms with Crippen molar-refractivity contribution in [1.29, 1.82) is 5.26 Å². The van der Waals surface area contributed by atoms with Crippen LogP contribution in [0.4, 0.5) is 0 Å². The smallest absolute Gasteiger partial charge is 0.124 e. The molecule has 1 aromatic heterocycles. The molecule has 0 bridgehead atoms. The fourth-order valence-corrected chi connectivity index (χ4v) is 2.71. The maximum Gasteiger partial charge on any atom is 0.124 e. The summed E-state index contributed by atoms with van der Waals surface area (Å²) in [6, 6.07) is 10.3. The van der Waals surface area contributed by atoms with Crippen molar-refractivity contribution in [2.45, 2.75) is 18.3 Å². The Morgan fingerprint density at radius 3 is 3.05 bits per heavy atom. The number of aryl methyl sites for hydroxylation is 1. The van der Waals surface area contributed by atoms with Gasteiger partial charge in [-0.05, 0) is 18.1 Å². The molecule has 0 fully saturated rings. The van der Waals surface area contributed by atoms with Crippen LogP contribution in [0.2, 0.25) is 0 Å². The van der Waals surface area contributed by atoms with Gasteiger partial charge in [0.05, 0.1) is 24.3 Å². The van der Waals surface area contributed by atoms with E-state index in [1.54, 1.807) is 4.68 Å². The normalized spacial score (nSPS) is 21.3. The predicted molar refractivity (Wildman–Crippen MR) is 70.8 cm³/mol. The van der Waals surface area contributed by atoms with Crippen molar-refractivity contribution >= 4 is 0 Å². The molecule has 1 aliphatic heterocycles. The monoisotopic (exact) mass is 253 g/mol. The van der Waals surface area contributed by atoms with Crippen molar-refractivity contribution in [3.05, 3.63) is 47.8 Å². The number of benzene rings is 1. The van der Waals surface area contributed by atoms with Crippen LogP contribution in [-0.4, -0.2) is 16.4 Å². The number of fused-ring (bicyclic) bond motifs is 1. The van der Waals surface area contributed by atoms with E-state index in [0.29, 0.717) is 13.0 Å². The maximum atomic E-state index is 9.72. The highest BCUT2D eigenvalue weighted by Crippen LogP contribution is 2.40. The molecule has 3 rings (SSSR count). The van der Waals surface area contributed by atoms with Crippen molar-refractivity contribution in [3.63, 3.8) is 0 Å². The third-order valence-electron chi connectivity index (χ3n) is 3.67. The average Bonchev–Trinajstić information content (AvgIpc) is 2.84. The second kappa shape index (κ2) is 4.43. The van der Waals surface area contributed by atoms with Crippen LogP contribution in [0.5, 0.6) is 5.75 Å². The number of hydrogen-bond acceptors (Lipinski definition) is 3. The summed E-state index contributed by atoms with van der Waals surface area (Å²) in [5, 5.41) is 13.9. The molecular weight excluding hydrogens is 238 g/mol. The number of nitrogens with zero attached hydrogens (tertiary/aromatic N) is 3. The molecule has 1 aliphatic rings. The van der Waals surface area contributed by atoms with Gasteiger partial charge in [-0.2, -0.15) is 10.4 Å². The zero-order valence-corrected chi connectivity index (χ0v) is 10.8. The molecule has 2 aromatic rings. The summed E-state index contributed by atoms with van der Waals surface area (Å²) >= 11 is 0. The number of rotatable bonds is 2. The summed E-state index contributed by atoms with van der Waals surface area (Å²) < 4.78 is 7.42. The second-order valence-corrected chi connectivity index (χ2v) is 4.99. The molecule has 0 saturated heterocycles. The van der Waals surface area contributed by atoms with Crippen LogP contribution in [-0.2, 0) is 18.9 Å². The van der Waals surface area contributed by atoms with Crippen molar-refractivity contribution in [3.8, 4) is 11.8 Å². The highest BCUT2D eigenvalue weighted by atomic mass is 16.5. The first-order valence-corrected chi connectivity index (χ1v) is 6.35. The van der Waals surface area contributed by atoms with Gasteiger partial charge in [-0.3, -0.25) is 4.68 Å². The minimum Gasteiger partial charge on any atom is -0.493 e. The lowest BCUT2D eigenvalue weighted by atomic mass is 9.73. The van der Waals surface area contributed by atoms with Gasteiger partial charge in [-0.25, -0.2) is 0 Å². The Kier molecular flexibility index (Phi) is 2.75. The predicted octanol–water partition coefficient (Wildman–Crippen LogP) is 2.21. The Bertz CT molecular complexity index is 641. The molecule has 4 nitrogen and oxygen atoms in total. The minimum absolute atomic E-state index is 0.502. The summed E-state index contributed by atoms with van der Waals surface area (Å²) in [4.78, 5) is 0. The summed E-state index contributed by atoms with van der Waals surface area (Å²) in [7, 11) is 1.89. The minimum atomic E-state index is -0.502. The first-order chi connectivity index (χ1) is 9.23. The number of aromatic nitrogens is 2. The molecule has 0 spiro atoms. The third kappa shape index (κ3) is 1.97. The van der Waals surface area contributed by atoms with Crippen molar-refractivity contribution in [1.82, 2.24) is 9.78 Å². The Morgan fingerprint density at radius 1 is 1.47 bits per heavy atom. The number of nitriles is 1. The molecule has 1 aromatic carbocycles. The van der Waals surface area contributed by atoms with Crippen molar-refractivity contribution in [2.24, 2.45) is 7.05 Å². The Labute approximate surface area is 112 Å². The third-order valence-corrected chi connectivity index (χ3v) is 3.67. The largest absolute Gasteiger partial charge is 0.493 e. The Balaban J connectivity index is 2.03. The Morgan fingerprint density at radius 2 is 2.32 bits per heavy atom. The van der Waals surface area contributed by atoms with E-state index in [9.17, 15) is 5.26 Å². The van der Waals surface area contributed by atoms with E-state index in [-0.39, 0.29) is 0 Å². The lowest BCUT2D eigenvalue weighted by molar-refractivity contribution is 0.241. The van der Waals surface area contributed by atoms with E-state index in [4.69, 9.17) is 4.74 Å². The molecule has 1 unspecified atom stereocenters. The van der Waals surface area contributed by atoms with Crippen LogP contribution in [0.1, 0.15) is 17.5 Å². The fourth-order valence-electron chi connectivity index (χ4n) is 2.71. The fraction of sp³-hybridized carbons (Fsp3) is 0.333. The lowest BCUT2D eigenvalue weighted by Crippen LogP contribution is -2.33. The van der Waals surface area contributed by atoms with Gasteiger partial charge < -0.3 is 4.74 Å². The van der Waals surface area contributed by atoms with Crippen LogP contribution in [0.25, 0.3) is 0 Å². The summed E-state index contributed by atoms with van der Waals surface area (Å²) in [5.74, 6) is 0.833. The van der Waals surface area contributed by atoms with Gasteiger partial charge >= 0.3 is 0 Å². The highest BCUT2D eigenvalue weighted by molar-refractivity contribution is 5.46. The molecular formula is C15H15N3O. The van der Waals surface area contributed by atoms with E-state index < -0.39 is 5.41 Å². The molecule has 2 heterocycles. The van der Waals surface area contributed by atoms with E-state index in [0.717, 1.165) is 23.3 Å². The van der Waals surface area contributed by atoms with Gasteiger partial charge in [0.25, 0.3) is 0 Å². The molecule has 1 atom stereocenters. The van der Waals surface area contributed by atoms with E-state index in [2.05, 4.69) is 11.2 Å². The van der Waals surface area contributed by atoms with Gasteiger partial charge in [-0.1, -0.05) is 18.2 Å². The Hall–Kier alpha value is -2.28. The molecule has 19 heavy (non-hydrogen) atoms. The van der Waals surface area contributed by atoms with Gasteiger partial charge in [0.15, 0.2) is 0 Å². The zero-order chi connectivity index (χ0) is 13.3. The molecule has 0 radical (unpaired) electrons. The zero-order valence-electron chi connectivity index (χ0n) is 10.8. The van der Waals surface area contributed by atoms with Gasteiger partial charge in [0.1, 0.15) is 5.75 Å². The van der Waals surface area contributed by atoms with Crippen molar-refractivity contribution in [2.75, 3.05) is 6.61 Å². The molecule has 0 N–H and O–H groups in total. The van der Waals surface area contributed by atoms with E-state index in [1.165, 1.54) is 0 Å². The number of para-hydroxylation sites is 1. The van der Waals surface area contributed by atoms with Crippen LogP contribution in [0, 0.1) is 11.3 Å². The summed E-state index contributed by atoms with van der Waals surface area (Å²) in [6.07, 6.45) is 5.20. The quantitative estimate of drug-likeness (QED) is 0.824. The van der Waals surface area contributed by atoms with E-state index in [1.807, 2.05) is 43.7 Å². The summed E-state index contributed by atoms with van der Waals surface area (Å²) in [5.41, 5.74) is 1.58. The first kappa shape index (κ1) is 11.8. The lowest BCUT2D eigenvalue weighted by Gasteiger charge is -2.32. The van der Waals surface area contributed by atoms with Crippen LogP contribution < -0.4 is 4.74 Å². The first-order valence-electron chi connectivity index (χ1n) is 6.35. The molecule has 0 aliphatic carbocycles. The standard InChI is InChI=1S/C15H15N3O/c1-18-10-12(9-17-18)8-15(11-16)6-7-19-14-5-3-2-4-13(14)15/h2-5,9-10H,6-8H2,1H3. The van der Waals surface area contributed by atoms with Gasteiger partial charge in [-0.15, -0.1) is 0 Å². The maximum absolute atomic E-state index is 9.72. The SMILES string of the molecule is Cn1cc(CC2(C#N)CCOc3ccccc32)cn1. The highest BCUT2D eigenvalue weighted by Gasteiger charge is 2.38. The molecule has 0 saturated carbocycles. The molecule has 0 amide bonds. The van der Waals surface area contributed by atoms with Crippen LogP contribution in [0.3, 0.4) is 0 Å². The van der Waals surface area contributed by atoms with Gasteiger partial charge in [0, 0.05) is 25.2 Å². The van der Waals surface area contributed by atoms with Crippen LogP contribution in [0.15, 0.2) is 36.7 Å². The van der Waals surface area contributed by atoms with E-state index >= 15 is 0 Å². The number of ether oxygens (including phenoxy) is 1. The molecule has 96 valence electrons. The summed E-state index contributed by atoms with van der Waals surface area (Å²) in [6.45, 7) is 0.588. The number of hydrogen-bond donors (Lipinski definition) is 0.